The maximum atomic E-state index is 12.6. The molecule has 0 atom stereocenters. The van der Waals surface area contributed by atoms with Crippen LogP contribution in [0.15, 0.2) is 78.2 Å². The highest BCUT2D eigenvalue weighted by Gasteiger charge is 2.18. The van der Waals surface area contributed by atoms with Crippen LogP contribution in [0.3, 0.4) is 0 Å². The molecular weight excluding hydrogens is 420 g/mol. The lowest BCUT2D eigenvalue weighted by Gasteiger charge is -2.10. The van der Waals surface area contributed by atoms with Gasteiger partial charge in [0.25, 0.3) is 0 Å². The van der Waals surface area contributed by atoms with Crippen LogP contribution >= 0.6 is 23.4 Å². The van der Waals surface area contributed by atoms with Crippen LogP contribution in [-0.2, 0) is 0 Å². The topological polar surface area (TPSA) is 69.9 Å². The Labute approximate surface area is 182 Å². The van der Waals surface area contributed by atoms with Crippen molar-refractivity contribution in [3.63, 3.8) is 0 Å². The molecule has 0 aliphatic heterocycles. The molecule has 0 amide bonds. The molecule has 0 unspecified atom stereocenters. The van der Waals surface area contributed by atoms with E-state index in [4.69, 9.17) is 16.3 Å². The van der Waals surface area contributed by atoms with Gasteiger partial charge in [0.2, 0.25) is 0 Å². The summed E-state index contributed by atoms with van der Waals surface area (Å²) in [7, 11) is 1.59. The molecular formula is C22H17ClN4O2S. The van der Waals surface area contributed by atoms with Crippen molar-refractivity contribution in [3.8, 4) is 22.8 Å². The molecule has 0 saturated carbocycles. The highest BCUT2D eigenvalue weighted by molar-refractivity contribution is 7.99. The van der Waals surface area contributed by atoms with Gasteiger partial charge in [-0.1, -0.05) is 29.4 Å². The minimum atomic E-state index is -0.00813. The summed E-state index contributed by atoms with van der Waals surface area (Å²) in [6.07, 6.45) is 3.43. The normalized spacial score (nSPS) is 10.7. The third kappa shape index (κ3) is 4.37. The molecule has 4 rings (SSSR count). The lowest BCUT2D eigenvalue weighted by atomic mass is 10.1. The van der Waals surface area contributed by atoms with Crippen molar-refractivity contribution in [3.05, 3.63) is 83.6 Å². The van der Waals surface area contributed by atoms with Crippen molar-refractivity contribution in [1.29, 1.82) is 0 Å². The summed E-state index contributed by atoms with van der Waals surface area (Å²) in [5.74, 6) is 1.55. The van der Waals surface area contributed by atoms with Gasteiger partial charge in [0, 0.05) is 28.5 Å². The first-order valence-corrected chi connectivity index (χ1v) is 10.4. The number of halogens is 1. The standard InChI is InChI=1S/C22H17ClN4O2S/c1-29-19-9-7-15(8-10-19)20(28)14-30-22-26-25-21(16-4-3-11-24-13-16)27(22)18-6-2-5-17(23)12-18/h2-13H,14H2,1H3. The number of hydrogen-bond acceptors (Lipinski definition) is 6. The van der Waals surface area contributed by atoms with Crippen LogP contribution in [-0.4, -0.2) is 38.4 Å². The number of ether oxygens (including phenoxy) is 1. The fourth-order valence-electron chi connectivity index (χ4n) is 2.88. The minimum Gasteiger partial charge on any atom is -0.497 e. The van der Waals surface area contributed by atoms with E-state index in [1.165, 1.54) is 11.8 Å². The number of pyridine rings is 1. The van der Waals surface area contributed by atoms with Gasteiger partial charge in [-0.15, -0.1) is 10.2 Å². The van der Waals surface area contributed by atoms with Crippen LogP contribution in [0.1, 0.15) is 10.4 Å². The van der Waals surface area contributed by atoms with E-state index in [2.05, 4.69) is 15.2 Å². The molecule has 0 saturated heterocycles. The summed E-state index contributed by atoms with van der Waals surface area (Å²) >= 11 is 7.53. The highest BCUT2D eigenvalue weighted by Crippen LogP contribution is 2.29. The van der Waals surface area contributed by atoms with E-state index in [-0.39, 0.29) is 11.5 Å². The number of ketones is 1. The van der Waals surface area contributed by atoms with E-state index >= 15 is 0 Å². The first-order chi connectivity index (χ1) is 14.7. The molecule has 150 valence electrons. The van der Waals surface area contributed by atoms with E-state index in [0.717, 1.165) is 11.3 Å². The molecule has 0 N–H and O–H groups in total. The highest BCUT2D eigenvalue weighted by atomic mass is 35.5. The molecule has 0 aliphatic carbocycles. The van der Waals surface area contributed by atoms with Crippen molar-refractivity contribution in [2.24, 2.45) is 0 Å². The van der Waals surface area contributed by atoms with Crippen LogP contribution < -0.4 is 4.74 Å². The SMILES string of the molecule is COc1ccc(C(=O)CSc2nnc(-c3cccnc3)n2-c2cccc(Cl)c2)cc1. The quantitative estimate of drug-likeness (QED) is 0.301. The molecule has 0 spiro atoms. The van der Waals surface area contributed by atoms with Crippen LogP contribution in [0.4, 0.5) is 0 Å². The van der Waals surface area contributed by atoms with Crippen LogP contribution in [0.5, 0.6) is 5.75 Å². The number of Topliss-reactive ketones (excluding diaryl/α,β-unsaturated/α-hetero) is 1. The predicted molar refractivity (Wildman–Crippen MR) is 118 cm³/mol. The second-order valence-corrected chi connectivity index (χ2v) is 7.68. The number of methoxy groups -OCH3 is 1. The fourth-order valence-corrected chi connectivity index (χ4v) is 3.91. The molecule has 30 heavy (non-hydrogen) atoms. The molecule has 2 heterocycles. The van der Waals surface area contributed by atoms with Gasteiger partial charge in [0.1, 0.15) is 5.75 Å². The number of rotatable bonds is 7. The van der Waals surface area contributed by atoms with Gasteiger partial charge in [0.15, 0.2) is 16.8 Å². The molecule has 4 aromatic rings. The van der Waals surface area contributed by atoms with E-state index in [9.17, 15) is 4.79 Å². The van der Waals surface area contributed by atoms with E-state index in [1.807, 2.05) is 34.9 Å². The number of benzene rings is 2. The van der Waals surface area contributed by atoms with Gasteiger partial charge in [0.05, 0.1) is 18.6 Å². The summed E-state index contributed by atoms with van der Waals surface area (Å²) in [6.45, 7) is 0. The maximum Gasteiger partial charge on any atom is 0.196 e. The Morgan fingerprint density at radius 2 is 1.93 bits per heavy atom. The lowest BCUT2D eigenvalue weighted by molar-refractivity contribution is 0.102. The number of hydrogen-bond donors (Lipinski definition) is 0. The van der Waals surface area contributed by atoms with Crippen LogP contribution in [0.25, 0.3) is 17.1 Å². The number of carbonyl (C=O) groups excluding carboxylic acids is 1. The van der Waals surface area contributed by atoms with Crippen LogP contribution in [0, 0.1) is 0 Å². The molecule has 0 fully saturated rings. The summed E-state index contributed by atoms with van der Waals surface area (Å²) in [5, 5.41) is 9.87. The Morgan fingerprint density at radius 1 is 1.10 bits per heavy atom. The summed E-state index contributed by atoms with van der Waals surface area (Å²) < 4.78 is 7.03. The Balaban J connectivity index is 1.64. The van der Waals surface area contributed by atoms with E-state index in [0.29, 0.717) is 27.3 Å². The van der Waals surface area contributed by atoms with Gasteiger partial charge in [-0.2, -0.15) is 0 Å². The number of aromatic nitrogens is 4. The molecule has 0 aliphatic rings. The Morgan fingerprint density at radius 3 is 2.63 bits per heavy atom. The summed E-state index contributed by atoms with van der Waals surface area (Å²) in [6, 6.07) is 18.2. The Bertz CT molecular complexity index is 1160. The zero-order chi connectivity index (χ0) is 20.9. The zero-order valence-corrected chi connectivity index (χ0v) is 17.6. The average Bonchev–Trinajstić information content (AvgIpc) is 3.22. The van der Waals surface area contributed by atoms with Crippen molar-refractivity contribution < 1.29 is 9.53 Å². The molecule has 0 bridgehead atoms. The second-order valence-electron chi connectivity index (χ2n) is 6.30. The third-order valence-electron chi connectivity index (χ3n) is 4.36. The second kappa shape index (κ2) is 9.11. The first-order valence-electron chi connectivity index (χ1n) is 9.07. The molecule has 0 radical (unpaired) electrons. The van der Waals surface area contributed by atoms with Gasteiger partial charge >= 0.3 is 0 Å². The van der Waals surface area contributed by atoms with Crippen LogP contribution in [0.2, 0.25) is 5.02 Å². The minimum absolute atomic E-state index is 0.00813. The lowest BCUT2D eigenvalue weighted by Crippen LogP contribution is -2.05. The summed E-state index contributed by atoms with van der Waals surface area (Å²) in [4.78, 5) is 16.8. The number of thioether (sulfide) groups is 1. The van der Waals surface area contributed by atoms with E-state index in [1.54, 1.807) is 49.8 Å². The maximum absolute atomic E-state index is 12.6. The average molecular weight is 437 g/mol. The molecule has 8 heteroatoms. The molecule has 2 aromatic carbocycles. The van der Waals surface area contributed by atoms with Crippen molar-refractivity contribution in [2.45, 2.75) is 5.16 Å². The van der Waals surface area contributed by atoms with Gasteiger partial charge in [-0.25, -0.2) is 0 Å². The van der Waals surface area contributed by atoms with E-state index < -0.39 is 0 Å². The molecule has 2 aromatic heterocycles. The smallest absolute Gasteiger partial charge is 0.196 e. The van der Waals surface area contributed by atoms with Crippen molar-refractivity contribution in [1.82, 2.24) is 19.7 Å². The zero-order valence-electron chi connectivity index (χ0n) is 16.0. The number of carbonyl (C=O) groups is 1. The molecule has 6 nitrogen and oxygen atoms in total. The first kappa shape index (κ1) is 20.1. The Hall–Kier alpha value is -3.16. The third-order valence-corrected chi connectivity index (χ3v) is 5.53. The predicted octanol–water partition coefficient (Wildman–Crippen LogP) is 4.97. The van der Waals surface area contributed by atoms with Gasteiger partial charge in [-0.05, 0) is 54.6 Å². The van der Waals surface area contributed by atoms with Gasteiger partial charge < -0.3 is 4.74 Å². The van der Waals surface area contributed by atoms with Crippen molar-refractivity contribution in [2.75, 3.05) is 12.9 Å². The number of nitrogens with zero attached hydrogens (tertiary/aromatic N) is 4. The Kier molecular flexibility index (Phi) is 6.11. The van der Waals surface area contributed by atoms with Crippen molar-refractivity contribution >= 4 is 29.1 Å². The monoisotopic (exact) mass is 436 g/mol. The fraction of sp³-hybridized carbons (Fsp3) is 0.0909. The largest absolute Gasteiger partial charge is 0.497 e. The summed E-state index contributed by atoms with van der Waals surface area (Å²) in [5.41, 5.74) is 2.24. The van der Waals surface area contributed by atoms with Gasteiger partial charge in [-0.3, -0.25) is 14.3 Å².